The maximum Gasteiger partial charge on any atom is 0.573 e. The van der Waals surface area contributed by atoms with Crippen LogP contribution in [0.1, 0.15) is 12.8 Å². The normalized spacial score (nSPS) is 18.7. The molecule has 6 nitrogen and oxygen atoms in total. The lowest BCUT2D eigenvalue weighted by Crippen LogP contribution is -2.31. The van der Waals surface area contributed by atoms with Gasteiger partial charge in [0.05, 0.1) is 18.0 Å². The number of rotatable bonds is 4. The summed E-state index contributed by atoms with van der Waals surface area (Å²) in [6, 6.07) is 4.38. The van der Waals surface area contributed by atoms with Gasteiger partial charge in [-0.1, -0.05) is 6.07 Å². The third kappa shape index (κ3) is 3.54. The first kappa shape index (κ1) is 15.8. The van der Waals surface area contributed by atoms with E-state index in [0.29, 0.717) is 4.90 Å². The van der Waals surface area contributed by atoms with E-state index in [9.17, 15) is 27.6 Å². The smallest absolute Gasteiger partial charge is 0.481 e. The molecule has 22 heavy (non-hydrogen) atoms. The van der Waals surface area contributed by atoms with Gasteiger partial charge in [-0.3, -0.25) is 19.3 Å². The monoisotopic (exact) mass is 317 g/mol. The van der Waals surface area contributed by atoms with Gasteiger partial charge < -0.3 is 9.84 Å². The van der Waals surface area contributed by atoms with Gasteiger partial charge in [0.1, 0.15) is 5.75 Å². The highest BCUT2D eigenvalue weighted by atomic mass is 19.4. The Hall–Kier alpha value is -2.58. The SMILES string of the molecule is O=C(O)C[C@@H]1CC(=O)N(c2cccc(OC(F)(F)F)c2)C1=O. The van der Waals surface area contributed by atoms with Crippen molar-refractivity contribution in [2.24, 2.45) is 5.92 Å². The molecule has 0 aliphatic carbocycles. The molecule has 0 radical (unpaired) electrons. The third-order valence-electron chi connectivity index (χ3n) is 2.97. The molecule has 0 spiro atoms. The van der Waals surface area contributed by atoms with Crippen molar-refractivity contribution in [3.63, 3.8) is 0 Å². The van der Waals surface area contributed by atoms with E-state index in [1.807, 2.05) is 0 Å². The summed E-state index contributed by atoms with van der Waals surface area (Å²) in [5.74, 6) is -4.25. The van der Waals surface area contributed by atoms with Crippen LogP contribution >= 0.6 is 0 Å². The number of imide groups is 1. The molecule has 118 valence electrons. The van der Waals surface area contributed by atoms with E-state index in [2.05, 4.69) is 4.74 Å². The number of anilines is 1. The molecule has 1 saturated heterocycles. The Morgan fingerprint density at radius 1 is 1.36 bits per heavy atom. The lowest BCUT2D eigenvalue weighted by atomic mass is 10.0. The van der Waals surface area contributed by atoms with Crippen LogP contribution in [0.5, 0.6) is 5.75 Å². The number of benzene rings is 1. The minimum absolute atomic E-state index is 0.0929. The van der Waals surface area contributed by atoms with Crippen molar-refractivity contribution in [2.75, 3.05) is 4.90 Å². The van der Waals surface area contributed by atoms with Crippen LogP contribution in [0.25, 0.3) is 0 Å². The summed E-state index contributed by atoms with van der Waals surface area (Å²) in [5.41, 5.74) is -0.0929. The van der Waals surface area contributed by atoms with Crippen molar-refractivity contribution >= 4 is 23.5 Å². The molecule has 9 heteroatoms. The van der Waals surface area contributed by atoms with Crippen LogP contribution in [0, 0.1) is 5.92 Å². The van der Waals surface area contributed by atoms with Gasteiger partial charge in [0.25, 0.3) is 0 Å². The van der Waals surface area contributed by atoms with E-state index in [-0.39, 0.29) is 12.1 Å². The molecule has 1 fully saturated rings. The van der Waals surface area contributed by atoms with Crippen LogP contribution < -0.4 is 9.64 Å². The zero-order chi connectivity index (χ0) is 16.5. The summed E-state index contributed by atoms with van der Waals surface area (Å²) in [4.78, 5) is 35.2. The predicted octanol–water partition coefficient (Wildman–Crippen LogP) is 1.94. The lowest BCUT2D eigenvalue weighted by molar-refractivity contribution is -0.274. The van der Waals surface area contributed by atoms with E-state index in [4.69, 9.17) is 5.11 Å². The zero-order valence-electron chi connectivity index (χ0n) is 11.0. The van der Waals surface area contributed by atoms with E-state index >= 15 is 0 Å². The Balaban J connectivity index is 2.24. The number of carbonyl (C=O) groups excluding carboxylic acids is 2. The number of hydrogen-bond donors (Lipinski definition) is 1. The quantitative estimate of drug-likeness (QED) is 0.858. The Labute approximate surface area is 122 Å². The number of carbonyl (C=O) groups is 3. The average Bonchev–Trinajstić information content (AvgIpc) is 2.61. The minimum Gasteiger partial charge on any atom is -0.481 e. The highest BCUT2D eigenvalue weighted by molar-refractivity contribution is 6.21. The Morgan fingerprint density at radius 3 is 2.64 bits per heavy atom. The summed E-state index contributed by atoms with van der Waals surface area (Å²) in [7, 11) is 0. The molecule has 0 unspecified atom stereocenters. The predicted molar refractivity (Wildman–Crippen MR) is 66.0 cm³/mol. The van der Waals surface area contributed by atoms with Gasteiger partial charge in [0, 0.05) is 12.5 Å². The van der Waals surface area contributed by atoms with Crippen LogP contribution in [0.2, 0.25) is 0 Å². The van der Waals surface area contributed by atoms with Crippen LogP contribution in [-0.4, -0.2) is 29.3 Å². The van der Waals surface area contributed by atoms with E-state index in [1.165, 1.54) is 12.1 Å². The summed E-state index contributed by atoms with van der Waals surface area (Å²) in [6.07, 6.45) is -5.71. The first-order valence-corrected chi connectivity index (χ1v) is 6.12. The highest BCUT2D eigenvalue weighted by Crippen LogP contribution is 2.32. The number of alkyl halides is 3. The molecule has 2 amide bonds. The van der Waals surface area contributed by atoms with Crippen LogP contribution in [-0.2, 0) is 14.4 Å². The molecule has 1 aromatic rings. The number of halogens is 3. The number of hydrogen-bond acceptors (Lipinski definition) is 4. The second kappa shape index (κ2) is 5.66. The summed E-state index contributed by atoms with van der Waals surface area (Å²) < 4.78 is 40.2. The Morgan fingerprint density at radius 2 is 2.05 bits per heavy atom. The standard InChI is InChI=1S/C13H10F3NO5/c14-13(15,16)22-9-3-1-2-8(6-9)17-10(18)4-7(12(17)21)5-11(19)20/h1-3,6-7H,4-5H2,(H,19,20)/t7-/m0/s1. The lowest BCUT2D eigenvalue weighted by Gasteiger charge is -2.16. The highest BCUT2D eigenvalue weighted by Gasteiger charge is 2.40. The van der Waals surface area contributed by atoms with Crippen LogP contribution in [0.15, 0.2) is 24.3 Å². The molecule has 0 bridgehead atoms. The molecule has 1 aliphatic heterocycles. The molecule has 2 rings (SSSR count). The van der Waals surface area contributed by atoms with Crippen LogP contribution in [0.3, 0.4) is 0 Å². The number of amides is 2. The topological polar surface area (TPSA) is 83.9 Å². The van der Waals surface area contributed by atoms with Gasteiger partial charge in [-0.05, 0) is 12.1 Å². The summed E-state index contributed by atoms with van der Waals surface area (Å²) >= 11 is 0. The average molecular weight is 317 g/mol. The number of carboxylic acids is 1. The third-order valence-corrected chi connectivity index (χ3v) is 2.97. The maximum atomic E-state index is 12.2. The van der Waals surface area contributed by atoms with Gasteiger partial charge in [0.15, 0.2) is 0 Å². The Bertz CT molecular complexity index is 628. The molecule has 1 N–H and O–H groups in total. The Kier molecular flexibility index (Phi) is 4.07. The second-order valence-electron chi connectivity index (χ2n) is 4.61. The van der Waals surface area contributed by atoms with Gasteiger partial charge >= 0.3 is 12.3 Å². The molecule has 1 heterocycles. The van der Waals surface area contributed by atoms with Crippen molar-refractivity contribution < 1.29 is 37.4 Å². The second-order valence-corrected chi connectivity index (χ2v) is 4.61. The zero-order valence-corrected chi connectivity index (χ0v) is 11.0. The fourth-order valence-electron chi connectivity index (χ4n) is 2.16. The number of nitrogens with zero attached hydrogens (tertiary/aromatic N) is 1. The van der Waals surface area contributed by atoms with E-state index in [0.717, 1.165) is 12.1 Å². The number of carboxylic acid groups (broad SMARTS) is 1. The molecular weight excluding hydrogens is 307 g/mol. The number of aliphatic carboxylic acids is 1. The fourth-order valence-corrected chi connectivity index (χ4v) is 2.16. The summed E-state index contributed by atoms with van der Waals surface area (Å²) in [5, 5.41) is 8.68. The van der Waals surface area contributed by atoms with Crippen molar-refractivity contribution in [1.82, 2.24) is 0 Å². The van der Waals surface area contributed by atoms with Crippen molar-refractivity contribution in [2.45, 2.75) is 19.2 Å². The first-order chi connectivity index (χ1) is 10.2. The summed E-state index contributed by atoms with van der Waals surface area (Å²) in [6.45, 7) is 0. The van der Waals surface area contributed by atoms with Gasteiger partial charge in [-0.2, -0.15) is 0 Å². The van der Waals surface area contributed by atoms with Crippen molar-refractivity contribution in [1.29, 1.82) is 0 Å². The number of ether oxygens (including phenoxy) is 1. The molecular formula is C13H10F3NO5. The molecule has 1 aliphatic rings. The largest absolute Gasteiger partial charge is 0.573 e. The molecule has 0 saturated carbocycles. The fraction of sp³-hybridized carbons (Fsp3) is 0.308. The molecule has 0 aromatic heterocycles. The maximum absolute atomic E-state index is 12.2. The van der Waals surface area contributed by atoms with E-state index in [1.54, 1.807) is 0 Å². The molecule has 1 aromatic carbocycles. The van der Waals surface area contributed by atoms with E-state index < -0.39 is 42.2 Å². The molecule has 1 atom stereocenters. The van der Waals surface area contributed by atoms with Crippen molar-refractivity contribution in [3.05, 3.63) is 24.3 Å². The first-order valence-electron chi connectivity index (χ1n) is 6.12. The van der Waals surface area contributed by atoms with Crippen molar-refractivity contribution in [3.8, 4) is 5.75 Å². The van der Waals surface area contributed by atoms with Gasteiger partial charge in [-0.25, -0.2) is 0 Å². The van der Waals surface area contributed by atoms with Gasteiger partial charge in [-0.15, -0.1) is 13.2 Å². The van der Waals surface area contributed by atoms with Crippen LogP contribution in [0.4, 0.5) is 18.9 Å². The van der Waals surface area contributed by atoms with Gasteiger partial charge in [0.2, 0.25) is 11.8 Å². The minimum atomic E-state index is -4.90.